The van der Waals surface area contributed by atoms with Crippen LogP contribution in [0.25, 0.3) is 0 Å². The average molecular weight is 170 g/mol. The van der Waals surface area contributed by atoms with Crippen LogP contribution in [0.2, 0.25) is 0 Å². The molecule has 11 heavy (non-hydrogen) atoms. The Morgan fingerprint density at radius 3 is 2.91 bits per heavy atom. The van der Waals surface area contributed by atoms with Crippen molar-refractivity contribution in [2.75, 3.05) is 5.75 Å². The van der Waals surface area contributed by atoms with Crippen molar-refractivity contribution in [3.05, 3.63) is 11.0 Å². The highest BCUT2D eigenvalue weighted by Crippen LogP contribution is 2.28. The van der Waals surface area contributed by atoms with E-state index in [2.05, 4.69) is 6.08 Å². The highest BCUT2D eigenvalue weighted by atomic mass is 32.2. The van der Waals surface area contributed by atoms with E-state index >= 15 is 0 Å². The number of rotatable bonds is 3. The summed E-state index contributed by atoms with van der Waals surface area (Å²) >= 11 is 1.83. The third-order valence-electron chi connectivity index (χ3n) is 1.77. The zero-order valence-corrected chi connectivity index (χ0v) is 7.91. The maximum absolute atomic E-state index is 11.2. The number of Topliss-reactive ketones (excluding diaryl/α,β-unsaturated/α-hetero) is 1. The number of hydrogen-bond donors (Lipinski definition) is 0. The highest BCUT2D eigenvalue weighted by molar-refractivity contribution is 8.03. The molecular formula is C9H14OS. The molecule has 0 unspecified atom stereocenters. The molecule has 1 nitrogen and oxygen atoms in total. The topological polar surface area (TPSA) is 17.1 Å². The van der Waals surface area contributed by atoms with E-state index in [-0.39, 0.29) is 5.92 Å². The Morgan fingerprint density at radius 2 is 2.45 bits per heavy atom. The van der Waals surface area contributed by atoms with Gasteiger partial charge in [0.25, 0.3) is 0 Å². The van der Waals surface area contributed by atoms with Crippen molar-refractivity contribution < 1.29 is 4.79 Å². The third-order valence-corrected chi connectivity index (χ3v) is 2.89. The van der Waals surface area contributed by atoms with E-state index in [1.165, 1.54) is 10.7 Å². The minimum Gasteiger partial charge on any atom is -0.299 e. The predicted octanol–water partition coefficient (Wildman–Crippen LogP) is 2.62. The van der Waals surface area contributed by atoms with Crippen molar-refractivity contribution in [3.63, 3.8) is 0 Å². The molecule has 0 amide bonds. The maximum atomic E-state index is 11.2. The van der Waals surface area contributed by atoms with Crippen molar-refractivity contribution >= 4 is 17.5 Å². The number of thioether (sulfide) groups is 1. The second-order valence-corrected chi connectivity index (χ2v) is 4.33. The normalized spacial score (nSPS) is 17.2. The van der Waals surface area contributed by atoms with Gasteiger partial charge in [-0.2, -0.15) is 0 Å². The Bertz CT molecular complexity index is 182. The maximum Gasteiger partial charge on any atom is 0.140 e. The van der Waals surface area contributed by atoms with Gasteiger partial charge in [0.15, 0.2) is 0 Å². The Kier molecular flexibility index (Phi) is 3.18. The average Bonchev–Trinajstić information content (AvgIpc) is 2.39. The van der Waals surface area contributed by atoms with Crippen LogP contribution in [-0.4, -0.2) is 11.5 Å². The number of allylic oxidation sites excluding steroid dienone is 2. The van der Waals surface area contributed by atoms with Crippen LogP contribution in [0.5, 0.6) is 0 Å². The molecule has 1 aliphatic heterocycles. The molecular weight excluding hydrogens is 156 g/mol. The lowest BCUT2D eigenvalue weighted by Crippen LogP contribution is -2.06. The van der Waals surface area contributed by atoms with Crippen molar-refractivity contribution in [3.8, 4) is 0 Å². The van der Waals surface area contributed by atoms with Crippen LogP contribution in [0.1, 0.15) is 26.7 Å². The molecule has 0 bridgehead atoms. The van der Waals surface area contributed by atoms with Crippen LogP contribution in [0, 0.1) is 5.92 Å². The van der Waals surface area contributed by atoms with Gasteiger partial charge in [-0.3, -0.25) is 4.79 Å². The lowest BCUT2D eigenvalue weighted by molar-refractivity contribution is -0.121. The molecule has 0 aromatic heterocycles. The minimum atomic E-state index is 0.192. The Morgan fingerprint density at radius 1 is 1.73 bits per heavy atom. The van der Waals surface area contributed by atoms with Gasteiger partial charge in [-0.05, 0) is 11.3 Å². The predicted molar refractivity (Wildman–Crippen MR) is 49.6 cm³/mol. The van der Waals surface area contributed by atoms with Crippen molar-refractivity contribution in [2.24, 2.45) is 5.92 Å². The summed E-state index contributed by atoms with van der Waals surface area (Å²) in [6, 6.07) is 0. The summed E-state index contributed by atoms with van der Waals surface area (Å²) in [7, 11) is 0. The largest absolute Gasteiger partial charge is 0.299 e. The van der Waals surface area contributed by atoms with Gasteiger partial charge in [-0.1, -0.05) is 19.9 Å². The monoisotopic (exact) mass is 170 g/mol. The van der Waals surface area contributed by atoms with E-state index < -0.39 is 0 Å². The molecule has 0 saturated carbocycles. The van der Waals surface area contributed by atoms with Crippen LogP contribution in [-0.2, 0) is 4.79 Å². The lowest BCUT2D eigenvalue weighted by atomic mass is 10.1. The molecule has 2 heteroatoms. The van der Waals surface area contributed by atoms with E-state index in [1.807, 2.05) is 25.6 Å². The van der Waals surface area contributed by atoms with Gasteiger partial charge in [0.2, 0.25) is 0 Å². The SMILES string of the molecule is CC(C)C(=O)CC1=CCCS1. The van der Waals surface area contributed by atoms with Gasteiger partial charge < -0.3 is 0 Å². The molecule has 0 aliphatic carbocycles. The third kappa shape index (κ3) is 2.70. The Labute approximate surface area is 72.2 Å². The van der Waals surface area contributed by atoms with E-state index in [0.717, 1.165) is 6.42 Å². The Balaban J connectivity index is 2.35. The van der Waals surface area contributed by atoms with Crippen molar-refractivity contribution in [1.29, 1.82) is 0 Å². The first-order valence-electron chi connectivity index (χ1n) is 4.04. The molecule has 0 saturated heterocycles. The first-order valence-corrected chi connectivity index (χ1v) is 5.03. The van der Waals surface area contributed by atoms with Crippen LogP contribution < -0.4 is 0 Å². The summed E-state index contributed by atoms with van der Waals surface area (Å²) in [5.41, 5.74) is 0. The fraction of sp³-hybridized carbons (Fsp3) is 0.667. The number of carbonyl (C=O) groups excluding carboxylic acids is 1. The summed E-state index contributed by atoms with van der Waals surface area (Å²) in [4.78, 5) is 12.5. The van der Waals surface area contributed by atoms with E-state index in [4.69, 9.17) is 0 Å². The highest BCUT2D eigenvalue weighted by Gasteiger charge is 2.12. The Hall–Kier alpha value is -0.240. The second-order valence-electron chi connectivity index (χ2n) is 3.11. The first-order chi connectivity index (χ1) is 5.20. The summed E-state index contributed by atoms with van der Waals surface area (Å²) in [5, 5.41) is 0. The van der Waals surface area contributed by atoms with Crippen LogP contribution in [0.3, 0.4) is 0 Å². The quantitative estimate of drug-likeness (QED) is 0.647. The van der Waals surface area contributed by atoms with E-state index in [9.17, 15) is 4.79 Å². The lowest BCUT2D eigenvalue weighted by Gasteiger charge is -2.03. The van der Waals surface area contributed by atoms with Gasteiger partial charge in [-0.15, -0.1) is 11.8 Å². The molecule has 0 atom stereocenters. The van der Waals surface area contributed by atoms with Gasteiger partial charge in [0, 0.05) is 18.1 Å². The molecule has 0 N–H and O–H groups in total. The second kappa shape index (κ2) is 3.96. The molecule has 0 spiro atoms. The number of hydrogen-bond acceptors (Lipinski definition) is 2. The fourth-order valence-electron chi connectivity index (χ4n) is 0.968. The molecule has 1 heterocycles. The summed E-state index contributed by atoms with van der Waals surface area (Å²) in [6.45, 7) is 3.92. The van der Waals surface area contributed by atoms with Gasteiger partial charge >= 0.3 is 0 Å². The molecule has 0 aromatic carbocycles. The van der Waals surface area contributed by atoms with Crippen LogP contribution >= 0.6 is 11.8 Å². The van der Waals surface area contributed by atoms with Crippen LogP contribution in [0.4, 0.5) is 0 Å². The standard InChI is InChI=1S/C9H14OS/c1-7(2)9(10)6-8-4-3-5-11-8/h4,7H,3,5-6H2,1-2H3. The van der Waals surface area contributed by atoms with Crippen molar-refractivity contribution in [2.45, 2.75) is 26.7 Å². The first kappa shape index (κ1) is 8.85. The van der Waals surface area contributed by atoms with Gasteiger partial charge in [0.05, 0.1) is 0 Å². The number of ketones is 1. The smallest absolute Gasteiger partial charge is 0.140 e. The van der Waals surface area contributed by atoms with E-state index in [1.54, 1.807) is 0 Å². The zero-order valence-electron chi connectivity index (χ0n) is 7.09. The summed E-state index contributed by atoms with van der Waals surface area (Å²) < 4.78 is 0. The minimum absolute atomic E-state index is 0.192. The zero-order chi connectivity index (χ0) is 8.27. The molecule has 0 aromatic rings. The fourth-order valence-corrected chi connectivity index (χ4v) is 1.95. The molecule has 0 fully saturated rings. The van der Waals surface area contributed by atoms with Crippen molar-refractivity contribution in [1.82, 2.24) is 0 Å². The van der Waals surface area contributed by atoms with Gasteiger partial charge in [-0.25, -0.2) is 0 Å². The molecule has 1 aliphatic rings. The van der Waals surface area contributed by atoms with E-state index in [0.29, 0.717) is 12.2 Å². The summed E-state index contributed by atoms with van der Waals surface area (Å²) in [5.74, 6) is 1.73. The molecule has 0 radical (unpaired) electrons. The van der Waals surface area contributed by atoms with Crippen LogP contribution in [0.15, 0.2) is 11.0 Å². The summed E-state index contributed by atoms with van der Waals surface area (Å²) in [6.07, 6.45) is 4.00. The van der Waals surface area contributed by atoms with Gasteiger partial charge in [0.1, 0.15) is 5.78 Å². The number of carbonyl (C=O) groups is 1. The molecule has 1 rings (SSSR count). The molecule has 62 valence electrons.